The van der Waals surface area contributed by atoms with Crippen molar-refractivity contribution in [3.8, 4) is 23.7 Å². The Hall–Kier alpha value is -8.04. The largest absolute Gasteiger partial charge is 0.310 e. The van der Waals surface area contributed by atoms with E-state index in [1.54, 1.807) is 0 Å². The van der Waals surface area contributed by atoms with Crippen LogP contribution in [0.4, 0.5) is 34.1 Å². The van der Waals surface area contributed by atoms with Gasteiger partial charge in [0.05, 0.1) is 11.4 Å². The molecule has 10 aromatic rings. The smallest absolute Gasteiger partial charge is 0.0553 e. The highest BCUT2D eigenvalue weighted by Crippen LogP contribution is 2.49. The third-order valence-electron chi connectivity index (χ3n) is 12.6. The minimum Gasteiger partial charge on any atom is -0.310 e. The second-order valence-corrected chi connectivity index (χ2v) is 19.1. The lowest BCUT2D eigenvalue weighted by atomic mass is 9.86. The van der Waals surface area contributed by atoms with Gasteiger partial charge in [-0.15, -0.1) is 0 Å². The van der Waals surface area contributed by atoms with Gasteiger partial charge in [0, 0.05) is 66.5 Å². The van der Waals surface area contributed by atoms with Gasteiger partial charge in [0.15, 0.2) is 0 Å². The SMILES string of the molecule is CC(C)(C)c1ccc(C#Cc2cc(N(c3ccccc3)c3ccccc3)c3ccc4c(C#Cc5ccc(C(C)(C)C)cc5)cc(N(c5ccccc5)c5ccccc5)c5ccc2c3c45)cc1. The van der Waals surface area contributed by atoms with Crippen molar-refractivity contribution in [2.75, 3.05) is 9.80 Å². The van der Waals surface area contributed by atoms with Gasteiger partial charge in [-0.25, -0.2) is 0 Å². The average molecular weight is 849 g/mol. The molecular formula is C64H52N2. The predicted octanol–water partition coefficient (Wildman–Crippen LogP) is 16.9. The first kappa shape index (κ1) is 41.9. The van der Waals surface area contributed by atoms with Crippen LogP contribution in [0.1, 0.15) is 74.9 Å². The van der Waals surface area contributed by atoms with Crippen molar-refractivity contribution in [2.45, 2.75) is 52.4 Å². The molecule has 0 unspecified atom stereocenters. The Morgan fingerprint density at radius 1 is 0.303 bits per heavy atom. The second kappa shape index (κ2) is 17.2. The Balaban J connectivity index is 1.30. The van der Waals surface area contributed by atoms with Crippen LogP contribution < -0.4 is 9.80 Å². The number of anilines is 6. The Kier molecular flexibility index (Phi) is 10.9. The minimum absolute atomic E-state index is 0.0564. The maximum atomic E-state index is 3.72. The third kappa shape index (κ3) is 8.16. The lowest BCUT2D eigenvalue weighted by molar-refractivity contribution is 0.590. The molecule has 10 rings (SSSR count). The van der Waals surface area contributed by atoms with Crippen LogP contribution in [0.2, 0.25) is 0 Å². The average Bonchev–Trinajstić information content (AvgIpc) is 3.34. The molecule has 0 spiro atoms. The Morgan fingerprint density at radius 3 is 0.879 bits per heavy atom. The van der Waals surface area contributed by atoms with Crippen LogP contribution >= 0.6 is 0 Å². The zero-order chi connectivity index (χ0) is 45.4. The van der Waals surface area contributed by atoms with Crippen LogP contribution in [0.15, 0.2) is 206 Å². The quantitative estimate of drug-likeness (QED) is 0.121. The lowest BCUT2D eigenvalue weighted by Crippen LogP contribution is -2.12. The van der Waals surface area contributed by atoms with Crippen molar-refractivity contribution in [3.63, 3.8) is 0 Å². The molecule has 10 aromatic carbocycles. The van der Waals surface area contributed by atoms with Crippen molar-refractivity contribution in [1.82, 2.24) is 0 Å². The van der Waals surface area contributed by atoms with E-state index in [0.29, 0.717) is 0 Å². The van der Waals surface area contributed by atoms with Gasteiger partial charge < -0.3 is 9.80 Å². The molecule has 0 aliphatic rings. The summed E-state index contributed by atoms with van der Waals surface area (Å²) in [5, 5.41) is 6.80. The standard InChI is InChI=1S/C64H52N2/c1-63(2,3)49-35-29-45(30-36-49)27-33-47-43-59(65(51-19-11-7-12-20-51)52-21-13-8-14-22-52)57-42-40-56-48(34-28-46-31-37-50(38-32-46)64(4,5)6)44-60(58-41-39-55(47)61(57)62(56)58)66(53-23-15-9-16-24-53)54-25-17-10-18-26-54/h7-26,29-32,35-44H,1-6H3. The lowest BCUT2D eigenvalue weighted by Gasteiger charge is -2.30. The van der Waals surface area contributed by atoms with Crippen LogP contribution in [0.3, 0.4) is 0 Å². The van der Waals surface area contributed by atoms with E-state index in [1.807, 2.05) is 0 Å². The summed E-state index contributed by atoms with van der Waals surface area (Å²) in [6.07, 6.45) is 0. The van der Waals surface area contributed by atoms with Gasteiger partial charge in [-0.3, -0.25) is 0 Å². The normalized spacial score (nSPS) is 11.5. The van der Waals surface area contributed by atoms with E-state index in [2.05, 4.69) is 281 Å². The molecule has 2 heteroatoms. The fraction of sp³-hybridized carbons (Fsp3) is 0.125. The summed E-state index contributed by atoms with van der Waals surface area (Å²) in [5.74, 6) is 14.6. The summed E-state index contributed by atoms with van der Waals surface area (Å²) >= 11 is 0. The van der Waals surface area contributed by atoms with Gasteiger partial charge in [-0.1, -0.05) is 187 Å². The molecule has 0 saturated carbocycles. The topological polar surface area (TPSA) is 6.48 Å². The van der Waals surface area contributed by atoms with E-state index >= 15 is 0 Å². The Labute approximate surface area is 390 Å². The van der Waals surface area contributed by atoms with Crippen LogP contribution in [-0.2, 0) is 10.8 Å². The number of nitrogens with zero attached hydrogens (tertiary/aromatic N) is 2. The van der Waals surface area contributed by atoms with Crippen molar-refractivity contribution in [1.29, 1.82) is 0 Å². The summed E-state index contributed by atoms with van der Waals surface area (Å²) in [6.45, 7) is 13.5. The number of hydrogen-bond donors (Lipinski definition) is 0. The van der Waals surface area contributed by atoms with Crippen molar-refractivity contribution < 1.29 is 0 Å². The van der Waals surface area contributed by atoms with Gasteiger partial charge in [0.25, 0.3) is 0 Å². The van der Waals surface area contributed by atoms with Crippen molar-refractivity contribution in [3.05, 3.63) is 240 Å². The minimum atomic E-state index is 0.0564. The zero-order valence-corrected chi connectivity index (χ0v) is 38.5. The van der Waals surface area contributed by atoms with Crippen molar-refractivity contribution in [2.24, 2.45) is 0 Å². The zero-order valence-electron chi connectivity index (χ0n) is 38.5. The number of hydrogen-bond acceptors (Lipinski definition) is 2. The molecule has 0 amide bonds. The molecule has 0 aliphatic carbocycles. The van der Waals surface area contributed by atoms with E-state index in [9.17, 15) is 0 Å². The second-order valence-electron chi connectivity index (χ2n) is 19.1. The van der Waals surface area contributed by atoms with Gasteiger partial charge in [0.1, 0.15) is 0 Å². The molecule has 0 aliphatic heterocycles. The van der Waals surface area contributed by atoms with Gasteiger partial charge in [-0.2, -0.15) is 0 Å². The highest BCUT2D eigenvalue weighted by Gasteiger charge is 2.25. The monoisotopic (exact) mass is 848 g/mol. The molecule has 0 atom stereocenters. The highest BCUT2D eigenvalue weighted by molar-refractivity contribution is 6.30. The summed E-state index contributed by atoms with van der Waals surface area (Å²) in [7, 11) is 0. The van der Waals surface area contributed by atoms with Gasteiger partial charge in [-0.05, 0) is 118 Å². The molecule has 0 fully saturated rings. The van der Waals surface area contributed by atoms with Gasteiger partial charge >= 0.3 is 0 Å². The van der Waals surface area contributed by atoms with E-state index in [4.69, 9.17) is 0 Å². The fourth-order valence-electron chi connectivity index (χ4n) is 9.08. The Morgan fingerprint density at radius 2 is 0.591 bits per heavy atom. The highest BCUT2D eigenvalue weighted by atomic mass is 15.1. The number of para-hydroxylation sites is 4. The summed E-state index contributed by atoms with van der Waals surface area (Å²) in [4.78, 5) is 4.75. The third-order valence-corrected chi connectivity index (χ3v) is 12.6. The molecule has 66 heavy (non-hydrogen) atoms. The predicted molar refractivity (Wildman–Crippen MR) is 282 cm³/mol. The number of rotatable bonds is 6. The maximum Gasteiger partial charge on any atom is 0.0553 e. The van der Waals surface area contributed by atoms with E-state index in [0.717, 1.165) is 88.7 Å². The molecular weight excluding hydrogens is 797 g/mol. The molecule has 0 aromatic heterocycles. The number of benzene rings is 10. The summed E-state index contributed by atoms with van der Waals surface area (Å²) in [6, 6.07) is 73.9. The molecule has 0 heterocycles. The first-order chi connectivity index (χ1) is 32.0. The first-order valence-electron chi connectivity index (χ1n) is 22.9. The van der Waals surface area contributed by atoms with Crippen LogP contribution in [0.25, 0.3) is 32.3 Å². The molecule has 0 N–H and O–H groups in total. The van der Waals surface area contributed by atoms with Crippen LogP contribution in [0, 0.1) is 23.7 Å². The molecule has 0 radical (unpaired) electrons. The van der Waals surface area contributed by atoms with E-state index in [-0.39, 0.29) is 10.8 Å². The maximum absolute atomic E-state index is 3.72. The molecule has 2 nitrogen and oxygen atoms in total. The van der Waals surface area contributed by atoms with Crippen LogP contribution in [-0.4, -0.2) is 0 Å². The van der Waals surface area contributed by atoms with Crippen molar-refractivity contribution >= 4 is 66.4 Å². The fourth-order valence-corrected chi connectivity index (χ4v) is 9.08. The summed E-state index contributed by atoms with van der Waals surface area (Å²) < 4.78 is 0. The first-order valence-corrected chi connectivity index (χ1v) is 22.9. The summed E-state index contributed by atoms with van der Waals surface area (Å²) in [5.41, 5.74) is 13.0. The Bertz CT molecular complexity index is 3130. The molecule has 0 bridgehead atoms. The van der Waals surface area contributed by atoms with Crippen LogP contribution in [0.5, 0.6) is 0 Å². The van der Waals surface area contributed by atoms with E-state index in [1.165, 1.54) is 11.1 Å². The molecule has 0 saturated heterocycles. The van der Waals surface area contributed by atoms with Gasteiger partial charge in [0.2, 0.25) is 0 Å². The molecule has 318 valence electrons. The van der Waals surface area contributed by atoms with E-state index < -0.39 is 0 Å².